The summed E-state index contributed by atoms with van der Waals surface area (Å²) < 4.78 is 32.8. The van der Waals surface area contributed by atoms with Gasteiger partial charge in [-0.2, -0.15) is 4.98 Å². The summed E-state index contributed by atoms with van der Waals surface area (Å²) in [7, 11) is -3.46. The highest BCUT2D eigenvalue weighted by molar-refractivity contribution is 7.90. The van der Waals surface area contributed by atoms with Crippen LogP contribution >= 0.6 is 0 Å². The molecule has 122 valence electrons. The van der Waals surface area contributed by atoms with Crippen LogP contribution in [-0.2, 0) is 15.6 Å². The first-order chi connectivity index (χ1) is 11.0. The fourth-order valence-electron chi connectivity index (χ4n) is 3.15. The minimum Gasteiger partial charge on any atom is -0.334 e. The van der Waals surface area contributed by atoms with Gasteiger partial charge in [0.05, 0.1) is 16.9 Å². The van der Waals surface area contributed by atoms with E-state index in [0.717, 1.165) is 25.7 Å². The molecule has 0 aromatic carbocycles. The van der Waals surface area contributed by atoms with Crippen LogP contribution in [-0.4, -0.2) is 41.6 Å². The van der Waals surface area contributed by atoms with Gasteiger partial charge in [-0.25, -0.2) is 8.42 Å². The number of hydrogen-bond donors (Lipinski definition) is 1. The molecule has 3 aliphatic rings. The number of nitrogens with zero attached hydrogens (tertiary/aromatic N) is 4. The standard InChI is InChI=1S/C14H17N5O3S/c15-14(5-1-2-6-14)13-16-12(22-17-13)10-4-3-7-19-8-9-23(20,21)18-11(10)19/h3-4,7H,1-2,5-6,8-9,15H2. The maximum Gasteiger partial charge on any atom is 0.261 e. The lowest BCUT2D eigenvalue weighted by Crippen LogP contribution is -2.38. The summed E-state index contributed by atoms with van der Waals surface area (Å²) in [5, 5.41) is 4.02. The van der Waals surface area contributed by atoms with Crippen LogP contribution in [0.15, 0.2) is 27.3 Å². The van der Waals surface area contributed by atoms with Crippen molar-refractivity contribution in [1.29, 1.82) is 0 Å². The van der Waals surface area contributed by atoms with Gasteiger partial charge in [0.25, 0.3) is 15.9 Å². The molecule has 3 heterocycles. The van der Waals surface area contributed by atoms with Crippen LogP contribution in [0.3, 0.4) is 0 Å². The minimum absolute atomic E-state index is 0.00485. The van der Waals surface area contributed by atoms with Gasteiger partial charge in [0.2, 0.25) is 0 Å². The molecular weight excluding hydrogens is 318 g/mol. The zero-order valence-electron chi connectivity index (χ0n) is 12.5. The van der Waals surface area contributed by atoms with Crippen LogP contribution in [0.2, 0.25) is 0 Å². The van der Waals surface area contributed by atoms with Gasteiger partial charge in [-0.3, -0.25) is 0 Å². The molecule has 0 saturated heterocycles. The normalized spacial score (nSPS) is 25.0. The lowest BCUT2D eigenvalue weighted by atomic mass is 9.98. The second-order valence-electron chi connectivity index (χ2n) is 6.10. The Morgan fingerprint density at radius 1 is 1.30 bits per heavy atom. The van der Waals surface area contributed by atoms with Crippen LogP contribution in [0.5, 0.6) is 0 Å². The molecule has 9 heteroatoms. The smallest absolute Gasteiger partial charge is 0.261 e. The number of amidine groups is 1. The molecule has 23 heavy (non-hydrogen) atoms. The molecule has 2 aliphatic heterocycles. The molecule has 8 nitrogen and oxygen atoms in total. The zero-order valence-corrected chi connectivity index (χ0v) is 13.3. The van der Waals surface area contributed by atoms with Gasteiger partial charge in [-0.05, 0) is 25.0 Å². The third-order valence-electron chi connectivity index (χ3n) is 4.46. The Bertz CT molecular complexity index is 830. The second kappa shape index (κ2) is 5.00. The highest BCUT2D eigenvalue weighted by Gasteiger charge is 2.37. The summed E-state index contributed by atoms with van der Waals surface area (Å²) in [6.45, 7) is 0.358. The SMILES string of the molecule is NC1(c2noc(C3=CC=CN4CCS(=O)(=O)N=C34)n2)CCCC1. The molecule has 1 saturated carbocycles. The first kappa shape index (κ1) is 14.6. The quantitative estimate of drug-likeness (QED) is 0.848. The third-order valence-corrected chi connectivity index (χ3v) is 5.60. The third kappa shape index (κ3) is 2.49. The van der Waals surface area contributed by atoms with Crippen molar-refractivity contribution in [2.75, 3.05) is 12.3 Å². The largest absolute Gasteiger partial charge is 0.334 e. The van der Waals surface area contributed by atoms with Gasteiger partial charge < -0.3 is 15.2 Å². The van der Waals surface area contributed by atoms with Crippen LogP contribution in [0.1, 0.15) is 37.4 Å². The van der Waals surface area contributed by atoms with Gasteiger partial charge >= 0.3 is 0 Å². The number of allylic oxidation sites excluding steroid dienone is 2. The van der Waals surface area contributed by atoms with E-state index in [4.69, 9.17) is 10.3 Å². The summed E-state index contributed by atoms with van der Waals surface area (Å²) in [6, 6.07) is 0. The summed E-state index contributed by atoms with van der Waals surface area (Å²) >= 11 is 0. The van der Waals surface area contributed by atoms with E-state index in [1.807, 2.05) is 6.08 Å². The molecule has 1 aromatic heterocycles. The first-order valence-electron chi connectivity index (χ1n) is 7.58. The monoisotopic (exact) mass is 335 g/mol. The van der Waals surface area contributed by atoms with Crippen molar-refractivity contribution >= 4 is 21.4 Å². The molecule has 0 unspecified atom stereocenters. The van der Waals surface area contributed by atoms with Crippen LogP contribution in [0, 0.1) is 0 Å². The molecule has 0 atom stereocenters. The van der Waals surface area contributed by atoms with Gasteiger partial charge in [-0.1, -0.05) is 18.0 Å². The maximum absolute atomic E-state index is 11.8. The minimum atomic E-state index is -3.46. The average Bonchev–Trinajstić information content (AvgIpc) is 3.16. The zero-order chi connectivity index (χ0) is 16.1. The highest BCUT2D eigenvalue weighted by Crippen LogP contribution is 2.35. The van der Waals surface area contributed by atoms with Gasteiger partial charge in [0, 0.05) is 12.7 Å². The molecular formula is C14H17N5O3S. The lowest BCUT2D eigenvalue weighted by Gasteiger charge is -2.27. The van der Waals surface area contributed by atoms with Crippen molar-refractivity contribution in [2.45, 2.75) is 31.2 Å². The topological polar surface area (TPSA) is 115 Å². The molecule has 1 fully saturated rings. The summed E-state index contributed by atoms with van der Waals surface area (Å²) in [4.78, 5) is 6.19. The van der Waals surface area contributed by atoms with Crippen LogP contribution < -0.4 is 5.73 Å². The Balaban J connectivity index is 1.73. The van der Waals surface area contributed by atoms with Crippen molar-refractivity contribution in [3.05, 3.63) is 30.1 Å². The molecule has 4 rings (SSSR count). The van der Waals surface area contributed by atoms with Gasteiger partial charge in [-0.15, -0.1) is 4.40 Å². The van der Waals surface area contributed by atoms with Crippen molar-refractivity contribution in [3.8, 4) is 0 Å². The summed E-state index contributed by atoms with van der Waals surface area (Å²) in [5.74, 6) is 1.05. The number of fused-ring (bicyclic) bond motifs is 1. The Morgan fingerprint density at radius 2 is 2.09 bits per heavy atom. The van der Waals surface area contributed by atoms with Crippen LogP contribution in [0.4, 0.5) is 0 Å². The number of hydrogen-bond acceptors (Lipinski definition) is 7. The molecule has 0 radical (unpaired) electrons. The number of sulfonamides is 1. The van der Waals surface area contributed by atoms with E-state index in [-0.39, 0.29) is 11.6 Å². The van der Waals surface area contributed by atoms with Crippen molar-refractivity contribution < 1.29 is 12.9 Å². The van der Waals surface area contributed by atoms with E-state index >= 15 is 0 Å². The lowest BCUT2D eigenvalue weighted by molar-refractivity contribution is 0.363. The van der Waals surface area contributed by atoms with E-state index in [1.54, 1.807) is 17.2 Å². The predicted molar refractivity (Wildman–Crippen MR) is 83.7 cm³/mol. The number of aromatic nitrogens is 2. The van der Waals surface area contributed by atoms with E-state index in [2.05, 4.69) is 14.5 Å². The number of nitrogens with two attached hydrogens (primary N) is 1. The molecule has 0 amide bonds. The van der Waals surface area contributed by atoms with E-state index in [0.29, 0.717) is 23.8 Å². The first-order valence-corrected chi connectivity index (χ1v) is 9.19. The van der Waals surface area contributed by atoms with Crippen molar-refractivity contribution in [1.82, 2.24) is 15.0 Å². The maximum atomic E-state index is 11.8. The van der Waals surface area contributed by atoms with Gasteiger partial charge in [0.15, 0.2) is 11.7 Å². The number of rotatable bonds is 2. The fourth-order valence-corrected chi connectivity index (χ4v) is 4.13. The van der Waals surface area contributed by atoms with Crippen molar-refractivity contribution in [2.24, 2.45) is 10.1 Å². The van der Waals surface area contributed by atoms with E-state index < -0.39 is 15.6 Å². The fraction of sp³-hybridized carbons (Fsp3) is 0.500. The summed E-state index contributed by atoms with van der Waals surface area (Å²) in [6.07, 6.45) is 9.07. The Morgan fingerprint density at radius 3 is 2.87 bits per heavy atom. The van der Waals surface area contributed by atoms with E-state index in [1.165, 1.54) is 0 Å². The Labute approximate surface area is 133 Å². The Kier molecular flexibility index (Phi) is 3.17. The molecule has 1 aromatic rings. The summed E-state index contributed by atoms with van der Waals surface area (Å²) in [5.41, 5.74) is 6.30. The van der Waals surface area contributed by atoms with E-state index in [9.17, 15) is 8.42 Å². The molecule has 0 spiro atoms. The highest BCUT2D eigenvalue weighted by atomic mass is 32.2. The molecule has 0 bridgehead atoms. The predicted octanol–water partition coefficient (Wildman–Crippen LogP) is 0.752. The second-order valence-corrected chi connectivity index (χ2v) is 7.86. The van der Waals surface area contributed by atoms with Gasteiger partial charge in [0.1, 0.15) is 0 Å². The van der Waals surface area contributed by atoms with Crippen molar-refractivity contribution in [3.63, 3.8) is 0 Å². The molecule has 2 N–H and O–H groups in total. The van der Waals surface area contributed by atoms with Crippen LogP contribution in [0.25, 0.3) is 5.57 Å². The average molecular weight is 335 g/mol. The Hall–Kier alpha value is -2.00. The molecule has 1 aliphatic carbocycles.